The molecule has 2 amide bonds. The van der Waals surface area contributed by atoms with Crippen molar-refractivity contribution >= 4 is 11.8 Å². The van der Waals surface area contributed by atoms with Gasteiger partial charge in [0.25, 0.3) is 0 Å². The predicted octanol–water partition coefficient (Wildman–Crippen LogP) is 0.371. The SMILES string of the molecule is CC(=O)N(C(C)=O)n1nnnc1-c1ccccc1. The molecular weight excluding hydrogens is 234 g/mol. The molecule has 1 heterocycles. The van der Waals surface area contributed by atoms with E-state index in [4.69, 9.17) is 0 Å². The van der Waals surface area contributed by atoms with Crippen molar-refractivity contribution in [1.82, 2.24) is 20.3 Å². The molecular formula is C11H11N5O2. The minimum Gasteiger partial charge on any atom is -0.273 e. The van der Waals surface area contributed by atoms with Gasteiger partial charge in [-0.05, 0) is 10.4 Å². The number of carbonyl (C=O) groups is 2. The van der Waals surface area contributed by atoms with E-state index in [0.717, 1.165) is 15.4 Å². The molecule has 18 heavy (non-hydrogen) atoms. The van der Waals surface area contributed by atoms with Crippen molar-refractivity contribution < 1.29 is 9.59 Å². The maximum absolute atomic E-state index is 11.5. The molecule has 0 saturated heterocycles. The number of hydrogen-bond donors (Lipinski definition) is 0. The topological polar surface area (TPSA) is 81.0 Å². The van der Waals surface area contributed by atoms with E-state index in [0.29, 0.717) is 5.82 Å². The average Bonchev–Trinajstić information content (AvgIpc) is 2.78. The van der Waals surface area contributed by atoms with Crippen LogP contribution in [-0.4, -0.2) is 32.1 Å². The number of nitrogens with zero attached hydrogens (tertiary/aromatic N) is 5. The lowest BCUT2D eigenvalue weighted by Crippen LogP contribution is -2.43. The fraction of sp³-hybridized carbons (Fsp3) is 0.182. The number of aromatic nitrogens is 4. The number of hydrogen-bond acceptors (Lipinski definition) is 5. The molecule has 0 spiro atoms. The molecule has 0 unspecified atom stereocenters. The molecule has 0 atom stereocenters. The first-order chi connectivity index (χ1) is 8.61. The molecule has 2 aromatic rings. The summed E-state index contributed by atoms with van der Waals surface area (Å²) in [5, 5.41) is 11.9. The van der Waals surface area contributed by atoms with E-state index < -0.39 is 11.8 Å². The van der Waals surface area contributed by atoms with Crippen LogP contribution >= 0.6 is 0 Å². The van der Waals surface area contributed by atoms with Crippen molar-refractivity contribution in [3.8, 4) is 11.4 Å². The van der Waals surface area contributed by atoms with Gasteiger partial charge in [0.1, 0.15) is 0 Å². The Morgan fingerprint density at radius 2 is 1.72 bits per heavy atom. The lowest BCUT2D eigenvalue weighted by molar-refractivity contribution is -0.126. The third-order valence-electron chi connectivity index (χ3n) is 2.27. The van der Waals surface area contributed by atoms with Crippen molar-refractivity contribution in [2.24, 2.45) is 0 Å². The van der Waals surface area contributed by atoms with Crippen LogP contribution in [0, 0.1) is 0 Å². The molecule has 7 heteroatoms. The van der Waals surface area contributed by atoms with E-state index in [9.17, 15) is 9.59 Å². The molecule has 0 fully saturated rings. The third-order valence-corrected chi connectivity index (χ3v) is 2.27. The summed E-state index contributed by atoms with van der Waals surface area (Å²) >= 11 is 0. The van der Waals surface area contributed by atoms with Crippen LogP contribution < -0.4 is 5.01 Å². The molecule has 0 radical (unpaired) electrons. The summed E-state index contributed by atoms with van der Waals surface area (Å²) in [6, 6.07) is 9.08. The highest BCUT2D eigenvalue weighted by Gasteiger charge is 2.22. The Morgan fingerprint density at radius 3 is 2.28 bits per heavy atom. The third kappa shape index (κ3) is 2.10. The summed E-state index contributed by atoms with van der Waals surface area (Å²) in [6.07, 6.45) is 0. The van der Waals surface area contributed by atoms with Crippen molar-refractivity contribution in [2.75, 3.05) is 5.01 Å². The van der Waals surface area contributed by atoms with Crippen LogP contribution in [0.4, 0.5) is 0 Å². The number of benzene rings is 1. The van der Waals surface area contributed by atoms with Crippen molar-refractivity contribution in [1.29, 1.82) is 0 Å². The zero-order valence-electron chi connectivity index (χ0n) is 9.94. The fourth-order valence-corrected chi connectivity index (χ4v) is 1.57. The first-order valence-electron chi connectivity index (χ1n) is 5.26. The quantitative estimate of drug-likeness (QED) is 0.763. The highest BCUT2D eigenvalue weighted by molar-refractivity contribution is 6.06. The van der Waals surface area contributed by atoms with Crippen molar-refractivity contribution in [3.63, 3.8) is 0 Å². The zero-order chi connectivity index (χ0) is 13.1. The molecule has 92 valence electrons. The van der Waals surface area contributed by atoms with Gasteiger partial charge in [-0.3, -0.25) is 9.59 Å². The molecule has 0 aliphatic rings. The van der Waals surface area contributed by atoms with Gasteiger partial charge in [-0.15, -0.1) is 9.89 Å². The number of tetrazole rings is 1. The first-order valence-corrected chi connectivity index (χ1v) is 5.26. The molecule has 1 aromatic carbocycles. The van der Waals surface area contributed by atoms with Crippen LogP contribution in [0.25, 0.3) is 11.4 Å². The lowest BCUT2D eigenvalue weighted by Gasteiger charge is -2.16. The molecule has 0 aliphatic carbocycles. The number of imide groups is 1. The Bertz CT molecular complexity index is 564. The second kappa shape index (κ2) is 4.74. The van der Waals surface area contributed by atoms with E-state index in [1.54, 1.807) is 12.1 Å². The largest absolute Gasteiger partial charge is 0.273 e. The summed E-state index contributed by atoms with van der Waals surface area (Å²) < 4.78 is 0. The minimum absolute atomic E-state index is 0.334. The van der Waals surface area contributed by atoms with Gasteiger partial charge in [0.2, 0.25) is 17.6 Å². The van der Waals surface area contributed by atoms with Gasteiger partial charge in [-0.25, -0.2) is 0 Å². The summed E-state index contributed by atoms with van der Waals surface area (Å²) in [4.78, 5) is 24.0. The van der Waals surface area contributed by atoms with E-state index >= 15 is 0 Å². The van der Waals surface area contributed by atoms with Crippen molar-refractivity contribution in [3.05, 3.63) is 30.3 Å². The van der Waals surface area contributed by atoms with Gasteiger partial charge in [0, 0.05) is 19.4 Å². The van der Waals surface area contributed by atoms with Crippen LogP contribution in [0.2, 0.25) is 0 Å². The van der Waals surface area contributed by atoms with Gasteiger partial charge in [0.15, 0.2) is 0 Å². The Balaban J connectivity index is 2.51. The van der Waals surface area contributed by atoms with E-state index in [2.05, 4.69) is 15.5 Å². The Kier molecular flexibility index (Phi) is 3.13. The van der Waals surface area contributed by atoms with Crippen LogP contribution in [0.5, 0.6) is 0 Å². The first kappa shape index (κ1) is 11.9. The number of amides is 2. The van der Waals surface area contributed by atoms with Crippen LogP contribution in [-0.2, 0) is 9.59 Å². The normalized spacial score (nSPS) is 10.1. The summed E-state index contributed by atoms with van der Waals surface area (Å²) in [7, 11) is 0. The monoisotopic (exact) mass is 245 g/mol. The molecule has 0 saturated carbocycles. The maximum Gasteiger partial charge on any atom is 0.246 e. The predicted molar refractivity (Wildman–Crippen MR) is 62.8 cm³/mol. The molecule has 7 nitrogen and oxygen atoms in total. The fourth-order valence-electron chi connectivity index (χ4n) is 1.57. The average molecular weight is 245 g/mol. The van der Waals surface area contributed by atoms with Crippen LogP contribution in [0.3, 0.4) is 0 Å². The zero-order valence-corrected chi connectivity index (χ0v) is 9.94. The van der Waals surface area contributed by atoms with E-state index in [1.807, 2.05) is 18.2 Å². The summed E-state index contributed by atoms with van der Waals surface area (Å²) in [5.41, 5.74) is 0.718. The van der Waals surface area contributed by atoms with Gasteiger partial charge < -0.3 is 0 Å². The summed E-state index contributed by atoms with van der Waals surface area (Å²) in [5.74, 6) is -0.569. The van der Waals surface area contributed by atoms with Crippen LogP contribution in [0.15, 0.2) is 30.3 Å². The molecule has 0 bridgehead atoms. The molecule has 0 aliphatic heterocycles. The molecule has 1 aromatic heterocycles. The number of carbonyl (C=O) groups excluding carboxylic acids is 2. The van der Waals surface area contributed by atoms with E-state index in [-0.39, 0.29) is 0 Å². The second-order valence-electron chi connectivity index (χ2n) is 3.61. The molecule has 2 rings (SSSR count). The van der Waals surface area contributed by atoms with Crippen molar-refractivity contribution in [2.45, 2.75) is 13.8 Å². The summed E-state index contributed by atoms with van der Waals surface area (Å²) in [6.45, 7) is 2.55. The van der Waals surface area contributed by atoms with Crippen LogP contribution in [0.1, 0.15) is 13.8 Å². The second-order valence-corrected chi connectivity index (χ2v) is 3.61. The Labute approximate surface area is 103 Å². The minimum atomic E-state index is -0.452. The smallest absolute Gasteiger partial charge is 0.246 e. The molecule has 0 N–H and O–H groups in total. The maximum atomic E-state index is 11.5. The van der Waals surface area contributed by atoms with Gasteiger partial charge in [-0.1, -0.05) is 30.3 Å². The highest BCUT2D eigenvalue weighted by atomic mass is 16.2. The highest BCUT2D eigenvalue weighted by Crippen LogP contribution is 2.14. The number of rotatable bonds is 2. The standard InChI is InChI=1S/C11H11N5O2/c1-8(17)15(9(2)18)16-11(12-13-14-16)10-6-4-3-5-7-10/h3-7H,1-2H3. The lowest BCUT2D eigenvalue weighted by atomic mass is 10.2. The Hall–Kier alpha value is -2.57. The van der Waals surface area contributed by atoms with Gasteiger partial charge in [0.05, 0.1) is 0 Å². The van der Waals surface area contributed by atoms with E-state index in [1.165, 1.54) is 13.8 Å². The van der Waals surface area contributed by atoms with Gasteiger partial charge >= 0.3 is 0 Å². The Morgan fingerprint density at radius 1 is 1.11 bits per heavy atom. The van der Waals surface area contributed by atoms with Gasteiger partial charge in [-0.2, -0.15) is 5.01 Å².